The largest absolute Gasteiger partial charge is 0.532 e. The lowest BCUT2D eigenvalue weighted by atomic mass is 9.90. The van der Waals surface area contributed by atoms with E-state index in [1.807, 2.05) is 11.6 Å². The minimum atomic E-state index is -0.191. The summed E-state index contributed by atoms with van der Waals surface area (Å²) in [6, 6.07) is 0. The Morgan fingerprint density at radius 1 is 0.750 bits per heavy atom. The molecular formula is C16H33BO2S. The van der Waals surface area contributed by atoms with Crippen LogP contribution in [0.15, 0.2) is 0 Å². The number of hydrogen-bond acceptors (Lipinski definition) is 3. The summed E-state index contributed by atoms with van der Waals surface area (Å²) in [6.45, 7) is 10.7. The average molecular weight is 300 g/mol. The third-order valence-electron chi connectivity index (χ3n) is 4.48. The molecular weight excluding hydrogens is 267 g/mol. The van der Waals surface area contributed by atoms with Gasteiger partial charge in [0.05, 0.1) is 11.2 Å². The predicted octanol–water partition coefficient (Wildman–Crippen LogP) is 5.45. The van der Waals surface area contributed by atoms with Gasteiger partial charge in [-0.2, -0.15) is 0 Å². The molecule has 2 nitrogen and oxygen atoms in total. The lowest BCUT2D eigenvalue weighted by Gasteiger charge is -2.32. The second-order valence-electron chi connectivity index (χ2n) is 6.89. The molecule has 0 atom stereocenters. The van der Waals surface area contributed by atoms with Gasteiger partial charge in [0.25, 0.3) is 0 Å². The average Bonchev–Trinajstić information content (AvgIpc) is 2.56. The Balaban J connectivity index is 1.98. The van der Waals surface area contributed by atoms with Gasteiger partial charge in [-0.05, 0) is 39.9 Å². The van der Waals surface area contributed by atoms with E-state index in [-0.39, 0.29) is 17.6 Å². The van der Waals surface area contributed by atoms with Gasteiger partial charge in [-0.1, -0.05) is 51.9 Å². The molecule has 4 heteroatoms. The van der Waals surface area contributed by atoms with Gasteiger partial charge in [0.2, 0.25) is 0 Å². The molecule has 0 aliphatic carbocycles. The van der Waals surface area contributed by atoms with E-state index in [2.05, 4.69) is 34.6 Å². The zero-order chi connectivity index (χ0) is 15.1. The van der Waals surface area contributed by atoms with E-state index < -0.39 is 0 Å². The first-order valence-electron chi connectivity index (χ1n) is 8.36. The molecule has 0 aromatic carbocycles. The summed E-state index contributed by atoms with van der Waals surface area (Å²) in [4.78, 5) is 0. The molecule has 1 fully saturated rings. The summed E-state index contributed by atoms with van der Waals surface area (Å²) in [5.41, 5.74) is -0.381. The summed E-state index contributed by atoms with van der Waals surface area (Å²) < 4.78 is 12.0. The molecule has 1 aliphatic heterocycles. The first kappa shape index (κ1) is 18.4. The van der Waals surface area contributed by atoms with Crippen molar-refractivity contribution in [2.75, 3.05) is 5.75 Å². The van der Waals surface area contributed by atoms with Crippen LogP contribution in [0.2, 0.25) is 0 Å². The summed E-state index contributed by atoms with van der Waals surface area (Å²) in [5, 5.41) is 0. The predicted molar refractivity (Wildman–Crippen MR) is 91.2 cm³/mol. The van der Waals surface area contributed by atoms with Gasteiger partial charge < -0.3 is 9.31 Å². The Hall–Kier alpha value is 0.335. The fourth-order valence-corrected chi connectivity index (χ4v) is 3.45. The van der Waals surface area contributed by atoms with Gasteiger partial charge in [0.1, 0.15) is 0 Å². The first-order chi connectivity index (χ1) is 9.39. The van der Waals surface area contributed by atoms with Gasteiger partial charge in [-0.3, -0.25) is 0 Å². The molecule has 118 valence electrons. The molecule has 1 rings (SSSR count). The van der Waals surface area contributed by atoms with Crippen LogP contribution in [0.5, 0.6) is 0 Å². The Labute approximate surface area is 130 Å². The van der Waals surface area contributed by atoms with E-state index >= 15 is 0 Å². The number of hydrogen-bond donors (Lipinski definition) is 0. The van der Waals surface area contributed by atoms with Crippen molar-refractivity contribution in [2.24, 2.45) is 0 Å². The highest BCUT2D eigenvalue weighted by Crippen LogP contribution is 2.39. The molecule has 0 bridgehead atoms. The highest BCUT2D eigenvalue weighted by molar-refractivity contribution is 8.24. The first-order valence-corrected chi connectivity index (χ1v) is 9.41. The second-order valence-corrected chi connectivity index (χ2v) is 8.02. The Bertz CT molecular complexity index is 253. The molecule has 0 aromatic rings. The van der Waals surface area contributed by atoms with Crippen LogP contribution in [0.1, 0.15) is 86.0 Å². The minimum Gasteiger partial charge on any atom is -0.394 e. The zero-order valence-electron chi connectivity index (χ0n) is 14.2. The number of unbranched alkanes of at least 4 members (excludes halogenated alkanes) is 7. The SMILES string of the molecule is CCCCCCCCCCSB1OC(C)(C)C(C)(C)O1. The molecule has 1 aliphatic rings. The molecule has 0 amide bonds. The van der Waals surface area contributed by atoms with Crippen molar-refractivity contribution in [1.29, 1.82) is 0 Å². The number of rotatable bonds is 10. The van der Waals surface area contributed by atoms with E-state index in [4.69, 9.17) is 9.31 Å². The smallest absolute Gasteiger partial charge is 0.394 e. The molecule has 20 heavy (non-hydrogen) atoms. The maximum Gasteiger partial charge on any atom is 0.532 e. The molecule has 0 saturated carbocycles. The fourth-order valence-electron chi connectivity index (χ4n) is 2.27. The van der Waals surface area contributed by atoms with Crippen molar-refractivity contribution < 1.29 is 9.31 Å². The molecule has 1 heterocycles. The fraction of sp³-hybridized carbons (Fsp3) is 1.00. The van der Waals surface area contributed by atoms with E-state index in [9.17, 15) is 0 Å². The normalized spacial score (nSPS) is 20.6. The van der Waals surface area contributed by atoms with Crippen LogP contribution in [-0.2, 0) is 9.31 Å². The lowest BCUT2D eigenvalue weighted by molar-refractivity contribution is 0.00578. The van der Waals surface area contributed by atoms with Crippen LogP contribution >= 0.6 is 11.6 Å². The van der Waals surface area contributed by atoms with Crippen molar-refractivity contribution in [2.45, 2.75) is 97.2 Å². The summed E-state index contributed by atoms with van der Waals surface area (Å²) in [5.74, 6) is 1.14. The van der Waals surface area contributed by atoms with Crippen LogP contribution in [0.4, 0.5) is 0 Å². The van der Waals surface area contributed by atoms with Crippen LogP contribution in [-0.4, -0.2) is 23.4 Å². The Kier molecular flexibility index (Phi) is 8.00. The van der Waals surface area contributed by atoms with Crippen LogP contribution < -0.4 is 0 Å². The second kappa shape index (κ2) is 8.70. The van der Waals surface area contributed by atoms with E-state index in [1.54, 1.807) is 0 Å². The van der Waals surface area contributed by atoms with Crippen LogP contribution in [0.3, 0.4) is 0 Å². The van der Waals surface area contributed by atoms with Gasteiger partial charge in [-0.15, -0.1) is 11.6 Å². The maximum absolute atomic E-state index is 5.98. The van der Waals surface area contributed by atoms with Crippen molar-refractivity contribution in [3.8, 4) is 0 Å². The molecule has 0 N–H and O–H groups in total. The van der Waals surface area contributed by atoms with Gasteiger partial charge in [-0.25, -0.2) is 0 Å². The Morgan fingerprint density at radius 3 is 1.70 bits per heavy atom. The van der Waals surface area contributed by atoms with E-state index in [0.29, 0.717) is 0 Å². The molecule has 0 unspecified atom stereocenters. The van der Waals surface area contributed by atoms with E-state index in [0.717, 1.165) is 5.75 Å². The molecule has 1 saturated heterocycles. The van der Waals surface area contributed by atoms with Crippen molar-refractivity contribution in [3.63, 3.8) is 0 Å². The zero-order valence-corrected chi connectivity index (χ0v) is 15.0. The Morgan fingerprint density at radius 2 is 1.20 bits per heavy atom. The van der Waals surface area contributed by atoms with Gasteiger partial charge in [0, 0.05) is 0 Å². The highest BCUT2D eigenvalue weighted by Gasteiger charge is 2.51. The maximum atomic E-state index is 5.98. The van der Waals surface area contributed by atoms with Gasteiger partial charge in [0.15, 0.2) is 0 Å². The quantitative estimate of drug-likeness (QED) is 0.395. The van der Waals surface area contributed by atoms with Crippen molar-refractivity contribution in [1.82, 2.24) is 0 Å². The van der Waals surface area contributed by atoms with Crippen LogP contribution in [0, 0.1) is 0 Å². The highest BCUT2D eigenvalue weighted by atomic mass is 32.2. The summed E-state index contributed by atoms with van der Waals surface area (Å²) in [7, 11) is 0. The monoisotopic (exact) mass is 300 g/mol. The van der Waals surface area contributed by atoms with Crippen molar-refractivity contribution in [3.05, 3.63) is 0 Å². The third kappa shape index (κ3) is 5.99. The molecule has 0 spiro atoms. The van der Waals surface area contributed by atoms with E-state index in [1.165, 1.54) is 51.4 Å². The summed E-state index contributed by atoms with van der Waals surface area (Å²) >= 11 is 1.82. The van der Waals surface area contributed by atoms with Gasteiger partial charge >= 0.3 is 6.40 Å². The topological polar surface area (TPSA) is 18.5 Å². The van der Waals surface area contributed by atoms with Crippen molar-refractivity contribution >= 4 is 18.0 Å². The molecule has 0 radical (unpaired) electrons. The summed E-state index contributed by atoms with van der Waals surface area (Å²) in [6.07, 6.45) is 10.9. The molecule has 0 aromatic heterocycles. The van der Waals surface area contributed by atoms with Crippen LogP contribution in [0.25, 0.3) is 0 Å². The third-order valence-corrected chi connectivity index (χ3v) is 5.47. The lowest BCUT2D eigenvalue weighted by Crippen LogP contribution is -2.41. The standard InChI is InChI=1S/C16H33BO2S/c1-6-7-8-9-10-11-12-13-14-20-17-18-15(2,3)16(4,5)19-17/h6-14H2,1-5H3. The minimum absolute atomic E-state index is 0.0791.